The van der Waals surface area contributed by atoms with Gasteiger partial charge in [0.05, 0.1) is 6.61 Å². The SMILES string of the molecule is CCOC(=O)C(CC)[n+]1cccc(C(N)=O)c1.[Br-]. The number of hydrogen-bond acceptors (Lipinski definition) is 3. The summed E-state index contributed by atoms with van der Waals surface area (Å²) in [4.78, 5) is 22.7. The normalized spacial score (nSPS) is 11.2. The van der Waals surface area contributed by atoms with Crippen LogP contribution in [0.2, 0.25) is 0 Å². The molecule has 0 spiro atoms. The molecule has 1 rings (SSSR count). The summed E-state index contributed by atoms with van der Waals surface area (Å²) >= 11 is 0. The standard InChI is InChI=1S/C12H16N2O3.BrH/c1-3-10(12(16)17-4-2)14-7-5-6-9(8-14)11(13)15;/h5-8,10H,3-4H2,1-2H3,(H-,13,15);1H. The Hall–Kier alpha value is -1.43. The van der Waals surface area contributed by atoms with Crippen molar-refractivity contribution in [1.29, 1.82) is 0 Å². The van der Waals surface area contributed by atoms with Crippen molar-refractivity contribution in [3.05, 3.63) is 30.1 Å². The fraction of sp³-hybridized carbons (Fsp3) is 0.417. The van der Waals surface area contributed by atoms with Crippen molar-refractivity contribution in [3.8, 4) is 0 Å². The van der Waals surface area contributed by atoms with E-state index in [9.17, 15) is 9.59 Å². The molecule has 1 atom stereocenters. The average Bonchev–Trinajstić information content (AvgIpc) is 2.30. The second-order valence-corrected chi connectivity index (χ2v) is 3.58. The number of nitrogens with zero attached hydrogens (tertiary/aromatic N) is 1. The number of carbonyl (C=O) groups excluding carboxylic acids is 2. The maximum absolute atomic E-state index is 11.7. The molecule has 0 fully saturated rings. The molecule has 6 heteroatoms. The highest BCUT2D eigenvalue weighted by molar-refractivity contribution is 5.92. The van der Waals surface area contributed by atoms with Crippen LogP contribution < -0.4 is 27.3 Å². The van der Waals surface area contributed by atoms with Crippen LogP contribution in [0, 0.1) is 0 Å². The summed E-state index contributed by atoms with van der Waals surface area (Å²) in [7, 11) is 0. The van der Waals surface area contributed by atoms with E-state index in [1.54, 1.807) is 36.0 Å². The molecular formula is C12H17BrN2O3. The minimum atomic E-state index is -0.516. The lowest BCUT2D eigenvalue weighted by Crippen LogP contribution is -3.00. The molecule has 0 radical (unpaired) electrons. The van der Waals surface area contributed by atoms with Gasteiger partial charge in [0.1, 0.15) is 5.56 Å². The van der Waals surface area contributed by atoms with Crippen LogP contribution in [0.1, 0.15) is 36.7 Å². The summed E-state index contributed by atoms with van der Waals surface area (Å²) in [6.07, 6.45) is 3.87. The lowest BCUT2D eigenvalue weighted by molar-refractivity contribution is -0.711. The quantitative estimate of drug-likeness (QED) is 0.486. The van der Waals surface area contributed by atoms with E-state index in [2.05, 4.69) is 0 Å². The van der Waals surface area contributed by atoms with Gasteiger partial charge in [-0.15, -0.1) is 0 Å². The third kappa shape index (κ3) is 4.10. The number of aromatic nitrogens is 1. The van der Waals surface area contributed by atoms with E-state index in [-0.39, 0.29) is 23.0 Å². The third-order valence-corrected chi connectivity index (χ3v) is 2.41. The van der Waals surface area contributed by atoms with Crippen LogP contribution in [0.15, 0.2) is 24.5 Å². The van der Waals surface area contributed by atoms with E-state index in [0.717, 1.165) is 0 Å². The Morgan fingerprint density at radius 2 is 2.11 bits per heavy atom. The second-order valence-electron chi connectivity index (χ2n) is 3.58. The Kier molecular flexibility index (Phi) is 7.19. The largest absolute Gasteiger partial charge is 1.00 e. The van der Waals surface area contributed by atoms with E-state index >= 15 is 0 Å². The molecule has 0 aromatic carbocycles. The van der Waals surface area contributed by atoms with Gasteiger partial charge in [0.15, 0.2) is 12.4 Å². The summed E-state index contributed by atoms with van der Waals surface area (Å²) in [6, 6.07) is 2.87. The van der Waals surface area contributed by atoms with Crippen LogP contribution >= 0.6 is 0 Å². The molecule has 1 aromatic rings. The van der Waals surface area contributed by atoms with Crippen molar-refractivity contribution in [2.24, 2.45) is 5.73 Å². The predicted octanol–water partition coefficient (Wildman–Crippen LogP) is -2.41. The minimum absolute atomic E-state index is 0. The molecule has 2 N–H and O–H groups in total. The smallest absolute Gasteiger partial charge is 0.375 e. The maximum Gasteiger partial charge on any atom is 0.375 e. The van der Waals surface area contributed by atoms with Gasteiger partial charge in [-0.05, 0) is 13.0 Å². The molecule has 100 valence electrons. The number of primary amides is 1. The lowest BCUT2D eigenvalue weighted by atomic mass is 10.2. The van der Waals surface area contributed by atoms with Gasteiger partial charge in [-0.25, -0.2) is 4.79 Å². The first-order valence-electron chi connectivity index (χ1n) is 5.57. The summed E-state index contributed by atoms with van der Waals surface area (Å²) in [5.41, 5.74) is 5.56. The number of nitrogens with two attached hydrogens (primary N) is 1. The van der Waals surface area contributed by atoms with Crippen molar-refractivity contribution < 1.29 is 35.9 Å². The van der Waals surface area contributed by atoms with E-state index in [4.69, 9.17) is 10.5 Å². The molecular weight excluding hydrogens is 300 g/mol. The summed E-state index contributed by atoms with van der Waals surface area (Å²) in [6.45, 7) is 3.98. The highest BCUT2D eigenvalue weighted by Crippen LogP contribution is 2.06. The summed E-state index contributed by atoms with van der Waals surface area (Å²) in [5, 5.41) is 0. The molecule has 18 heavy (non-hydrogen) atoms. The Labute approximate surface area is 117 Å². The van der Waals surface area contributed by atoms with Crippen LogP contribution in [-0.2, 0) is 9.53 Å². The van der Waals surface area contributed by atoms with Gasteiger partial charge in [-0.3, -0.25) is 4.79 Å². The molecule has 0 aliphatic carbocycles. The van der Waals surface area contributed by atoms with E-state index in [1.165, 1.54) is 0 Å². The number of halogens is 1. The van der Waals surface area contributed by atoms with E-state index in [1.807, 2.05) is 6.92 Å². The molecule has 0 saturated carbocycles. The second kappa shape index (κ2) is 7.81. The number of carbonyl (C=O) groups is 2. The van der Waals surface area contributed by atoms with Gasteiger partial charge in [0, 0.05) is 12.5 Å². The molecule has 1 aromatic heterocycles. The molecule has 0 aliphatic heterocycles. The van der Waals surface area contributed by atoms with E-state index < -0.39 is 11.9 Å². The number of esters is 1. The molecule has 5 nitrogen and oxygen atoms in total. The number of rotatable bonds is 5. The van der Waals surface area contributed by atoms with Gasteiger partial charge in [-0.1, -0.05) is 6.92 Å². The van der Waals surface area contributed by atoms with Crippen LogP contribution in [0.3, 0.4) is 0 Å². The predicted molar refractivity (Wildman–Crippen MR) is 61.1 cm³/mol. The lowest BCUT2D eigenvalue weighted by Gasteiger charge is -2.09. The van der Waals surface area contributed by atoms with Gasteiger partial charge in [0.25, 0.3) is 11.9 Å². The number of pyridine rings is 1. The Morgan fingerprint density at radius 1 is 1.44 bits per heavy atom. The van der Waals surface area contributed by atoms with Gasteiger partial charge < -0.3 is 27.5 Å². The highest BCUT2D eigenvalue weighted by Gasteiger charge is 2.27. The molecule has 0 saturated heterocycles. The average molecular weight is 317 g/mol. The Bertz CT molecular complexity index is 424. The summed E-state index contributed by atoms with van der Waals surface area (Å²) < 4.78 is 6.62. The highest BCUT2D eigenvalue weighted by atomic mass is 79.9. The van der Waals surface area contributed by atoms with Crippen molar-refractivity contribution in [3.63, 3.8) is 0 Å². The first-order chi connectivity index (χ1) is 8.10. The first kappa shape index (κ1) is 16.6. The fourth-order valence-corrected chi connectivity index (χ4v) is 1.57. The number of amides is 1. The van der Waals surface area contributed by atoms with Crippen molar-refractivity contribution in [1.82, 2.24) is 0 Å². The molecule has 0 bridgehead atoms. The minimum Gasteiger partial charge on any atom is -1.00 e. The zero-order valence-corrected chi connectivity index (χ0v) is 12.0. The monoisotopic (exact) mass is 316 g/mol. The maximum atomic E-state index is 11.7. The number of hydrogen-bond donors (Lipinski definition) is 1. The fourth-order valence-electron chi connectivity index (χ4n) is 1.57. The third-order valence-electron chi connectivity index (χ3n) is 2.41. The van der Waals surface area contributed by atoms with Crippen molar-refractivity contribution in [2.45, 2.75) is 26.3 Å². The topological polar surface area (TPSA) is 73.3 Å². The molecule has 1 amide bonds. The van der Waals surface area contributed by atoms with E-state index in [0.29, 0.717) is 18.6 Å². The Morgan fingerprint density at radius 3 is 2.61 bits per heavy atom. The van der Waals surface area contributed by atoms with Crippen molar-refractivity contribution >= 4 is 11.9 Å². The molecule has 1 unspecified atom stereocenters. The van der Waals surface area contributed by atoms with Crippen molar-refractivity contribution in [2.75, 3.05) is 6.61 Å². The van der Waals surface area contributed by atoms with Crippen LogP contribution in [0.5, 0.6) is 0 Å². The van der Waals surface area contributed by atoms with Gasteiger partial charge in [-0.2, -0.15) is 4.57 Å². The summed E-state index contributed by atoms with van der Waals surface area (Å²) in [5.74, 6) is -0.820. The van der Waals surface area contributed by atoms with Crippen LogP contribution in [0.25, 0.3) is 0 Å². The first-order valence-corrected chi connectivity index (χ1v) is 5.57. The number of ether oxygens (including phenoxy) is 1. The van der Waals surface area contributed by atoms with Crippen LogP contribution in [0.4, 0.5) is 0 Å². The van der Waals surface area contributed by atoms with Gasteiger partial charge in [0.2, 0.25) is 0 Å². The molecule has 0 aliphatic rings. The zero-order valence-electron chi connectivity index (χ0n) is 10.4. The van der Waals surface area contributed by atoms with Crippen LogP contribution in [-0.4, -0.2) is 18.5 Å². The van der Waals surface area contributed by atoms with Gasteiger partial charge >= 0.3 is 5.97 Å². The zero-order chi connectivity index (χ0) is 12.8. The Balaban J connectivity index is 0.00000289. The molecule has 1 heterocycles.